The van der Waals surface area contributed by atoms with E-state index >= 15 is 0 Å². The second-order valence-corrected chi connectivity index (χ2v) is 5.20. The molecule has 0 saturated carbocycles. The van der Waals surface area contributed by atoms with Gasteiger partial charge in [-0.1, -0.05) is 32.9 Å². The minimum absolute atomic E-state index is 0.0388. The maximum atomic E-state index is 11.6. The molecule has 0 amide bonds. The van der Waals surface area contributed by atoms with Gasteiger partial charge >= 0.3 is 0 Å². The van der Waals surface area contributed by atoms with Gasteiger partial charge in [0.25, 0.3) is 0 Å². The van der Waals surface area contributed by atoms with E-state index in [0.717, 1.165) is 23.9 Å². The van der Waals surface area contributed by atoms with Crippen LogP contribution < -0.4 is 0 Å². The van der Waals surface area contributed by atoms with Crippen LogP contribution in [0, 0.1) is 11.3 Å². The lowest BCUT2D eigenvalue weighted by molar-refractivity contribution is -0.116. The average Bonchev–Trinajstić information content (AvgIpc) is 2.23. The smallest absolute Gasteiger partial charge is 0.158 e. The third kappa shape index (κ3) is 2.69. The number of aldehydes is 1. The third-order valence-electron chi connectivity index (χ3n) is 3.31. The second-order valence-electron chi connectivity index (χ2n) is 5.20. The SMILES string of the molecule is CC1=C(C=CC(C)C=O)C(C)(C)CCC1=O. The van der Waals surface area contributed by atoms with Crippen molar-refractivity contribution in [1.82, 2.24) is 0 Å². The fourth-order valence-corrected chi connectivity index (χ4v) is 2.05. The predicted molar refractivity (Wildman–Crippen MR) is 65.1 cm³/mol. The first-order valence-electron chi connectivity index (χ1n) is 5.76. The van der Waals surface area contributed by atoms with Crippen LogP contribution in [0.25, 0.3) is 0 Å². The van der Waals surface area contributed by atoms with Crippen molar-refractivity contribution in [2.45, 2.75) is 40.5 Å². The van der Waals surface area contributed by atoms with E-state index in [1.165, 1.54) is 0 Å². The van der Waals surface area contributed by atoms with E-state index in [0.29, 0.717) is 6.42 Å². The number of carbonyl (C=O) groups excluding carboxylic acids is 2. The second kappa shape index (κ2) is 4.77. The topological polar surface area (TPSA) is 34.1 Å². The first-order chi connectivity index (χ1) is 7.38. The molecule has 0 spiro atoms. The van der Waals surface area contributed by atoms with Crippen molar-refractivity contribution in [3.8, 4) is 0 Å². The summed E-state index contributed by atoms with van der Waals surface area (Å²) in [5.41, 5.74) is 1.97. The van der Waals surface area contributed by atoms with Crippen LogP contribution in [0.15, 0.2) is 23.3 Å². The van der Waals surface area contributed by atoms with Gasteiger partial charge in [-0.05, 0) is 29.9 Å². The van der Waals surface area contributed by atoms with Crippen LogP contribution in [0.3, 0.4) is 0 Å². The molecule has 2 nitrogen and oxygen atoms in total. The molecule has 1 atom stereocenters. The molecule has 0 saturated heterocycles. The summed E-state index contributed by atoms with van der Waals surface area (Å²) in [5, 5.41) is 0. The lowest BCUT2D eigenvalue weighted by Gasteiger charge is -2.32. The molecule has 88 valence electrons. The van der Waals surface area contributed by atoms with E-state index in [1.54, 1.807) is 0 Å². The van der Waals surface area contributed by atoms with Crippen molar-refractivity contribution in [1.29, 1.82) is 0 Å². The lowest BCUT2D eigenvalue weighted by Crippen LogP contribution is -2.24. The van der Waals surface area contributed by atoms with E-state index in [2.05, 4.69) is 13.8 Å². The summed E-state index contributed by atoms with van der Waals surface area (Å²) in [6, 6.07) is 0. The Hall–Kier alpha value is -1.18. The first kappa shape index (κ1) is 12.9. The van der Waals surface area contributed by atoms with Crippen molar-refractivity contribution in [2.75, 3.05) is 0 Å². The van der Waals surface area contributed by atoms with Gasteiger partial charge in [-0.25, -0.2) is 0 Å². The molecular weight excluding hydrogens is 200 g/mol. The largest absolute Gasteiger partial charge is 0.303 e. The number of Topliss-reactive ketones (excluding diaryl/α,β-unsaturated/α-hetero) is 1. The van der Waals surface area contributed by atoms with Crippen LogP contribution in [0.1, 0.15) is 40.5 Å². The van der Waals surface area contributed by atoms with E-state index in [1.807, 2.05) is 26.0 Å². The highest BCUT2D eigenvalue weighted by atomic mass is 16.1. The zero-order valence-corrected chi connectivity index (χ0v) is 10.5. The molecule has 0 fully saturated rings. The number of hydrogen-bond acceptors (Lipinski definition) is 2. The highest BCUT2D eigenvalue weighted by Crippen LogP contribution is 2.39. The van der Waals surface area contributed by atoms with Gasteiger partial charge < -0.3 is 4.79 Å². The van der Waals surface area contributed by atoms with Crippen molar-refractivity contribution in [3.05, 3.63) is 23.3 Å². The number of hydrogen-bond donors (Lipinski definition) is 0. The Bertz CT molecular complexity index is 359. The van der Waals surface area contributed by atoms with Gasteiger partial charge in [0.05, 0.1) is 0 Å². The molecule has 0 aromatic rings. The minimum Gasteiger partial charge on any atom is -0.303 e. The van der Waals surface area contributed by atoms with Crippen molar-refractivity contribution >= 4 is 12.1 Å². The van der Waals surface area contributed by atoms with Crippen LogP contribution in [0.4, 0.5) is 0 Å². The van der Waals surface area contributed by atoms with Gasteiger partial charge in [0.2, 0.25) is 0 Å². The zero-order chi connectivity index (χ0) is 12.3. The molecule has 0 bridgehead atoms. The van der Waals surface area contributed by atoms with E-state index in [-0.39, 0.29) is 17.1 Å². The molecule has 1 rings (SSSR count). The monoisotopic (exact) mass is 220 g/mol. The summed E-state index contributed by atoms with van der Waals surface area (Å²) in [7, 11) is 0. The molecule has 1 aliphatic rings. The Labute approximate surface area is 97.4 Å². The van der Waals surface area contributed by atoms with Crippen LogP contribution in [0.2, 0.25) is 0 Å². The quantitative estimate of drug-likeness (QED) is 0.685. The standard InChI is InChI=1S/C14H20O2/c1-10(9-15)5-6-12-11(2)13(16)7-8-14(12,3)4/h5-6,9-10H,7-8H2,1-4H3. The molecule has 0 aromatic carbocycles. The Morgan fingerprint density at radius 2 is 2.00 bits per heavy atom. The van der Waals surface area contributed by atoms with Gasteiger partial charge in [0, 0.05) is 12.3 Å². The molecule has 0 aromatic heterocycles. The molecule has 1 unspecified atom stereocenters. The average molecular weight is 220 g/mol. The maximum Gasteiger partial charge on any atom is 0.158 e. The summed E-state index contributed by atoms with van der Waals surface area (Å²) >= 11 is 0. The summed E-state index contributed by atoms with van der Waals surface area (Å²) in [4.78, 5) is 22.2. The Morgan fingerprint density at radius 1 is 1.38 bits per heavy atom. The van der Waals surface area contributed by atoms with E-state index in [4.69, 9.17) is 0 Å². The molecule has 16 heavy (non-hydrogen) atoms. The highest BCUT2D eigenvalue weighted by molar-refractivity contribution is 5.97. The Balaban J connectivity index is 3.05. The minimum atomic E-state index is -0.0897. The van der Waals surface area contributed by atoms with Crippen LogP contribution in [-0.2, 0) is 9.59 Å². The highest BCUT2D eigenvalue weighted by Gasteiger charge is 2.30. The number of carbonyl (C=O) groups is 2. The van der Waals surface area contributed by atoms with Crippen LogP contribution >= 0.6 is 0 Å². The summed E-state index contributed by atoms with van der Waals surface area (Å²) < 4.78 is 0. The fraction of sp³-hybridized carbons (Fsp3) is 0.571. The van der Waals surface area contributed by atoms with Crippen molar-refractivity contribution in [3.63, 3.8) is 0 Å². The third-order valence-corrected chi connectivity index (χ3v) is 3.31. The normalized spacial score (nSPS) is 22.6. The van der Waals surface area contributed by atoms with Gasteiger partial charge in [0.1, 0.15) is 6.29 Å². The van der Waals surface area contributed by atoms with Crippen LogP contribution in [0.5, 0.6) is 0 Å². The molecule has 0 heterocycles. The van der Waals surface area contributed by atoms with Crippen molar-refractivity contribution in [2.24, 2.45) is 11.3 Å². The van der Waals surface area contributed by atoms with Gasteiger partial charge in [-0.2, -0.15) is 0 Å². The van der Waals surface area contributed by atoms with Crippen LogP contribution in [-0.4, -0.2) is 12.1 Å². The van der Waals surface area contributed by atoms with Crippen molar-refractivity contribution < 1.29 is 9.59 Å². The molecule has 2 heteroatoms. The zero-order valence-electron chi connectivity index (χ0n) is 10.5. The Morgan fingerprint density at radius 3 is 2.56 bits per heavy atom. The summed E-state index contributed by atoms with van der Waals surface area (Å²) in [6.07, 6.45) is 6.25. The number of allylic oxidation sites excluding steroid dienone is 4. The van der Waals surface area contributed by atoms with Gasteiger partial charge in [-0.15, -0.1) is 0 Å². The molecule has 0 N–H and O–H groups in total. The maximum absolute atomic E-state index is 11.6. The van der Waals surface area contributed by atoms with E-state index in [9.17, 15) is 9.59 Å². The molecular formula is C14H20O2. The number of ketones is 1. The summed E-state index contributed by atoms with van der Waals surface area (Å²) in [6.45, 7) is 8.02. The first-order valence-corrected chi connectivity index (χ1v) is 5.76. The fourth-order valence-electron chi connectivity index (χ4n) is 2.05. The molecule has 0 aliphatic heterocycles. The summed E-state index contributed by atoms with van der Waals surface area (Å²) in [5.74, 6) is 0.144. The van der Waals surface area contributed by atoms with Gasteiger partial charge in [-0.3, -0.25) is 4.79 Å². The van der Waals surface area contributed by atoms with Gasteiger partial charge in [0.15, 0.2) is 5.78 Å². The number of rotatable bonds is 3. The Kier molecular flexibility index (Phi) is 3.84. The molecule has 0 radical (unpaired) electrons. The molecule has 1 aliphatic carbocycles. The lowest BCUT2D eigenvalue weighted by atomic mass is 9.72. The van der Waals surface area contributed by atoms with E-state index < -0.39 is 0 Å². The predicted octanol–water partition coefficient (Wildman–Crippen LogP) is 3.08.